The summed E-state index contributed by atoms with van der Waals surface area (Å²) in [4.78, 5) is 38.0. The van der Waals surface area contributed by atoms with Gasteiger partial charge in [0.15, 0.2) is 0 Å². The fraction of sp³-hybridized carbons (Fsp3) is 0.375. The molecule has 8 heteroatoms. The van der Waals surface area contributed by atoms with Gasteiger partial charge in [0.1, 0.15) is 17.2 Å². The van der Waals surface area contributed by atoms with Gasteiger partial charge in [-0.25, -0.2) is 0 Å². The third-order valence-corrected chi connectivity index (χ3v) is 6.32. The van der Waals surface area contributed by atoms with Gasteiger partial charge < -0.3 is 23.7 Å². The molecule has 4 atom stereocenters. The largest absolute Gasteiger partial charge is 0.496 e. The Balaban J connectivity index is 2.13. The highest BCUT2D eigenvalue weighted by molar-refractivity contribution is 5.89. The van der Waals surface area contributed by atoms with Crippen LogP contribution in [-0.2, 0) is 23.9 Å². The van der Waals surface area contributed by atoms with Crippen molar-refractivity contribution in [1.82, 2.24) is 0 Å². The predicted molar refractivity (Wildman–Crippen MR) is 112 cm³/mol. The van der Waals surface area contributed by atoms with Crippen LogP contribution in [0.15, 0.2) is 30.3 Å². The first kappa shape index (κ1) is 21.7. The molecule has 0 saturated carbocycles. The minimum Gasteiger partial charge on any atom is -0.496 e. The van der Waals surface area contributed by atoms with Gasteiger partial charge in [-0.2, -0.15) is 0 Å². The quantitative estimate of drug-likeness (QED) is 0.517. The van der Waals surface area contributed by atoms with Crippen LogP contribution in [-0.4, -0.2) is 46.3 Å². The average Bonchev–Trinajstić information content (AvgIpc) is 2.81. The molecule has 0 amide bonds. The Bertz CT molecular complexity index is 1110. The van der Waals surface area contributed by atoms with Crippen LogP contribution in [0, 0.1) is 11.8 Å². The van der Waals surface area contributed by atoms with Gasteiger partial charge in [-0.1, -0.05) is 12.1 Å². The van der Waals surface area contributed by atoms with Gasteiger partial charge in [-0.05, 0) is 23.8 Å². The Labute approximate surface area is 185 Å². The highest BCUT2D eigenvalue weighted by atomic mass is 16.5. The lowest BCUT2D eigenvalue weighted by atomic mass is 9.53. The van der Waals surface area contributed by atoms with E-state index in [2.05, 4.69) is 0 Å². The van der Waals surface area contributed by atoms with Crippen molar-refractivity contribution < 1.29 is 38.1 Å². The molecular formula is C24H24O8. The fourth-order valence-electron chi connectivity index (χ4n) is 5.29. The monoisotopic (exact) mass is 440 g/mol. The second kappa shape index (κ2) is 8.18. The van der Waals surface area contributed by atoms with Gasteiger partial charge in [0.05, 0.1) is 40.3 Å². The number of ether oxygens (including phenoxy) is 5. The first-order chi connectivity index (χ1) is 15.4. The van der Waals surface area contributed by atoms with E-state index in [1.54, 1.807) is 19.2 Å². The Hall–Kier alpha value is -3.55. The highest BCUT2D eigenvalue weighted by Crippen LogP contribution is 2.64. The first-order valence-corrected chi connectivity index (χ1v) is 10.1. The molecule has 0 fully saturated rings. The zero-order valence-electron chi connectivity index (χ0n) is 18.5. The van der Waals surface area contributed by atoms with Gasteiger partial charge in [0.25, 0.3) is 0 Å². The SMILES string of the molecule is COC(=O)C1C2c3cccc(OC)c3C(c3c(OC)ccc(OC(C)=O)c32)C1C(=O)OC. The van der Waals surface area contributed by atoms with Crippen LogP contribution >= 0.6 is 0 Å². The van der Waals surface area contributed by atoms with Crippen molar-refractivity contribution in [2.24, 2.45) is 11.8 Å². The smallest absolute Gasteiger partial charge is 0.310 e. The second-order valence-electron chi connectivity index (χ2n) is 7.70. The zero-order chi connectivity index (χ0) is 23.2. The van der Waals surface area contributed by atoms with E-state index in [0.717, 1.165) is 11.1 Å². The molecule has 3 aliphatic carbocycles. The van der Waals surface area contributed by atoms with Crippen LogP contribution in [0.1, 0.15) is 41.0 Å². The molecule has 0 heterocycles. The fourth-order valence-corrected chi connectivity index (χ4v) is 5.29. The number of methoxy groups -OCH3 is 4. The van der Waals surface area contributed by atoms with Crippen LogP contribution in [0.5, 0.6) is 17.2 Å². The molecule has 2 bridgehead atoms. The summed E-state index contributed by atoms with van der Waals surface area (Å²) in [5, 5.41) is 0. The molecule has 3 aliphatic rings. The summed E-state index contributed by atoms with van der Waals surface area (Å²) >= 11 is 0. The molecule has 2 aromatic carbocycles. The molecule has 2 aromatic rings. The Kier molecular flexibility index (Phi) is 5.54. The summed E-state index contributed by atoms with van der Waals surface area (Å²) in [6.45, 7) is 1.31. The second-order valence-corrected chi connectivity index (χ2v) is 7.70. The molecule has 168 valence electrons. The van der Waals surface area contributed by atoms with Gasteiger partial charge in [0.2, 0.25) is 0 Å². The molecule has 32 heavy (non-hydrogen) atoms. The van der Waals surface area contributed by atoms with Crippen molar-refractivity contribution in [2.45, 2.75) is 18.8 Å². The number of rotatable bonds is 5. The van der Waals surface area contributed by atoms with E-state index in [1.807, 2.05) is 18.2 Å². The van der Waals surface area contributed by atoms with Gasteiger partial charge >= 0.3 is 17.9 Å². The van der Waals surface area contributed by atoms with E-state index in [4.69, 9.17) is 23.7 Å². The predicted octanol–water partition coefficient (Wildman–Crippen LogP) is 2.80. The van der Waals surface area contributed by atoms with Gasteiger partial charge in [-0.15, -0.1) is 0 Å². The minimum absolute atomic E-state index is 0.314. The summed E-state index contributed by atoms with van der Waals surface area (Å²) in [7, 11) is 5.65. The number of carbonyl (C=O) groups is 3. The molecule has 0 aromatic heterocycles. The van der Waals surface area contributed by atoms with Crippen LogP contribution < -0.4 is 14.2 Å². The molecule has 4 unspecified atom stereocenters. The lowest BCUT2D eigenvalue weighted by molar-refractivity contribution is -0.160. The van der Waals surface area contributed by atoms with E-state index in [9.17, 15) is 14.4 Å². The number of esters is 3. The highest BCUT2D eigenvalue weighted by Gasteiger charge is 2.59. The van der Waals surface area contributed by atoms with Crippen molar-refractivity contribution >= 4 is 17.9 Å². The normalized spacial score (nSPS) is 22.3. The van der Waals surface area contributed by atoms with Crippen LogP contribution in [0.2, 0.25) is 0 Å². The molecule has 5 rings (SSSR count). The van der Waals surface area contributed by atoms with Crippen LogP contribution in [0.3, 0.4) is 0 Å². The number of fused-ring (bicyclic) bond motifs is 1. The van der Waals surface area contributed by atoms with E-state index in [1.165, 1.54) is 28.3 Å². The third kappa shape index (κ3) is 3.01. The van der Waals surface area contributed by atoms with E-state index >= 15 is 0 Å². The van der Waals surface area contributed by atoms with Crippen molar-refractivity contribution in [2.75, 3.05) is 28.4 Å². The Morgan fingerprint density at radius 2 is 1.22 bits per heavy atom. The number of benzene rings is 2. The van der Waals surface area contributed by atoms with E-state index < -0.39 is 41.6 Å². The van der Waals surface area contributed by atoms with E-state index in [-0.39, 0.29) is 0 Å². The lowest BCUT2D eigenvalue weighted by Gasteiger charge is -2.49. The standard InChI is InChI=1S/C24H24O8/c1-11(25)32-15-10-9-14(29-3)18-19(15)17-12-7-6-8-13(28-2)16(12)20(18)22(24(27)31-5)21(17)23(26)30-4/h6-10,17,20-22H,1-5H3. The maximum atomic E-state index is 13.1. The summed E-state index contributed by atoms with van der Waals surface area (Å²) in [5.74, 6) is -3.22. The number of hydrogen-bond acceptors (Lipinski definition) is 8. The van der Waals surface area contributed by atoms with E-state index in [0.29, 0.717) is 28.4 Å². The molecule has 0 N–H and O–H groups in total. The molecule has 0 aliphatic heterocycles. The summed E-state index contributed by atoms with van der Waals surface area (Å²) < 4.78 is 27.1. The van der Waals surface area contributed by atoms with Crippen molar-refractivity contribution in [3.8, 4) is 17.2 Å². The molecular weight excluding hydrogens is 416 g/mol. The third-order valence-electron chi connectivity index (χ3n) is 6.32. The van der Waals surface area contributed by atoms with Crippen molar-refractivity contribution in [3.63, 3.8) is 0 Å². The summed E-state index contributed by atoms with van der Waals surface area (Å²) in [5.41, 5.74) is 2.88. The summed E-state index contributed by atoms with van der Waals surface area (Å²) in [6.07, 6.45) is 0. The number of carbonyl (C=O) groups excluding carboxylic acids is 3. The molecule has 0 spiro atoms. The lowest BCUT2D eigenvalue weighted by Crippen LogP contribution is -2.48. The maximum absolute atomic E-state index is 13.1. The van der Waals surface area contributed by atoms with Gasteiger partial charge in [0, 0.05) is 35.4 Å². The molecule has 0 saturated heterocycles. The van der Waals surface area contributed by atoms with Crippen molar-refractivity contribution in [1.29, 1.82) is 0 Å². The average molecular weight is 440 g/mol. The number of hydrogen-bond donors (Lipinski definition) is 0. The topological polar surface area (TPSA) is 97.4 Å². The zero-order valence-corrected chi connectivity index (χ0v) is 18.5. The Morgan fingerprint density at radius 1 is 0.688 bits per heavy atom. The molecule has 0 radical (unpaired) electrons. The first-order valence-electron chi connectivity index (χ1n) is 10.1. The Morgan fingerprint density at radius 3 is 1.78 bits per heavy atom. The minimum atomic E-state index is -0.883. The van der Waals surface area contributed by atoms with Crippen molar-refractivity contribution in [3.05, 3.63) is 52.6 Å². The summed E-state index contributed by atoms with van der Waals surface area (Å²) in [6, 6.07) is 8.85. The molecule has 8 nitrogen and oxygen atoms in total. The maximum Gasteiger partial charge on any atom is 0.310 e. The van der Waals surface area contributed by atoms with Crippen LogP contribution in [0.25, 0.3) is 0 Å². The van der Waals surface area contributed by atoms with Gasteiger partial charge in [-0.3, -0.25) is 14.4 Å². The van der Waals surface area contributed by atoms with Crippen LogP contribution in [0.4, 0.5) is 0 Å².